The molecule has 2 aliphatic rings. The fourth-order valence-electron chi connectivity index (χ4n) is 2.63. The van der Waals surface area contributed by atoms with Gasteiger partial charge in [-0.1, -0.05) is 30.7 Å². The summed E-state index contributed by atoms with van der Waals surface area (Å²) in [6.07, 6.45) is 1.23. The van der Waals surface area contributed by atoms with Crippen LogP contribution in [-0.4, -0.2) is 23.9 Å². The SMILES string of the molecule is CC1CC1CN1C(=O)CNC1c1cccc(Cl)c1. The van der Waals surface area contributed by atoms with E-state index in [2.05, 4.69) is 12.2 Å². The zero-order valence-corrected chi connectivity index (χ0v) is 11.2. The van der Waals surface area contributed by atoms with Crippen molar-refractivity contribution in [3.8, 4) is 0 Å². The monoisotopic (exact) mass is 264 g/mol. The van der Waals surface area contributed by atoms with Gasteiger partial charge in [-0.25, -0.2) is 0 Å². The van der Waals surface area contributed by atoms with Crippen LogP contribution in [0.1, 0.15) is 25.1 Å². The zero-order chi connectivity index (χ0) is 12.7. The van der Waals surface area contributed by atoms with E-state index >= 15 is 0 Å². The number of amides is 1. The van der Waals surface area contributed by atoms with E-state index in [-0.39, 0.29) is 12.1 Å². The Morgan fingerprint density at radius 1 is 1.50 bits per heavy atom. The number of halogens is 1. The van der Waals surface area contributed by atoms with E-state index in [1.807, 2.05) is 29.2 Å². The van der Waals surface area contributed by atoms with Crippen LogP contribution in [0.2, 0.25) is 5.02 Å². The number of carbonyl (C=O) groups excluding carboxylic acids is 1. The highest BCUT2D eigenvalue weighted by Gasteiger charge is 2.39. The number of nitrogens with zero attached hydrogens (tertiary/aromatic N) is 1. The fraction of sp³-hybridized carbons (Fsp3) is 0.500. The van der Waals surface area contributed by atoms with Crippen LogP contribution in [0, 0.1) is 11.8 Å². The van der Waals surface area contributed by atoms with Gasteiger partial charge in [0.1, 0.15) is 6.17 Å². The molecule has 3 atom stereocenters. The van der Waals surface area contributed by atoms with Gasteiger partial charge in [0.25, 0.3) is 0 Å². The minimum Gasteiger partial charge on any atom is -0.322 e. The molecule has 1 aliphatic carbocycles. The average molecular weight is 265 g/mol. The summed E-state index contributed by atoms with van der Waals surface area (Å²) in [4.78, 5) is 13.9. The Morgan fingerprint density at radius 3 is 2.94 bits per heavy atom. The molecule has 0 bridgehead atoms. The molecule has 1 N–H and O–H groups in total. The van der Waals surface area contributed by atoms with Gasteiger partial charge in [-0.2, -0.15) is 0 Å². The second-order valence-electron chi connectivity index (χ2n) is 5.36. The Hall–Kier alpha value is -1.06. The van der Waals surface area contributed by atoms with Gasteiger partial charge in [0.05, 0.1) is 6.54 Å². The van der Waals surface area contributed by atoms with E-state index in [0.717, 1.165) is 18.0 Å². The Labute approximate surface area is 112 Å². The van der Waals surface area contributed by atoms with Crippen molar-refractivity contribution >= 4 is 17.5 Å². The lowest BCUT2D eigenvalue weighted by atomic mass is 10.1. The number of hydrogen-bond acceptors (Lipinski definition) is 2. The summed E-state index contributed by atoms with van der Waals surface area (Å²) < 4.78 is 0. The van der Waals surface area contributed by atoms with Gasteiger partial charge in [0.2, 0.25) is 5.91 Å². The highest BCUT2D eigenvalue weighted by molar-refractivity contribution is 6.30. The quantitative estimate of drug-likeness (QED) is 0.909. The highest BCUT2D eigenvalue weighted by atomic mass is 35.5. The molecule has 96 valence electrons. The van der Waals surface area contributed by atoms with Gasteiger partial charge in [-0.05, 0) is 36.0 Å². The molecule has 1 heterocycles. The summed E-state index contributed by atoms with van der Waals surface area (Å²) in [5.41, 5.74) is 1.07. The molecule has 1 aliphatic heterocycles. The van der Waals surface area contributed by atoms with Crippen LogP contribution < -0.4 is 5.32 Å². The number of carbonyl (C=O) groups is 1. The number of rotatable bonds is 3. The predicted molar refractivity (Wildman–Crippen MR) is 71.2 cm³/mol. The van der Waals surface area contributed by atoms with Crippen LogP contribution in [0.3, 0.4) is 0 Å². The zero-order valence-electron chi connectivity index (χ0n) is 10.4. The third kappa shape index (κ3) is 2.25. The second kappa shape index (κ2) is 4.56. The normalized spacial score (nSPS) is 30.9. The maximum Gasteiger partial charge on any atom is 0.238 e. The van der Waals surface area contributed by atoms with Gasteiger partial charge in [-0.15, -0.1) is 0 Å². The van der Waals surface area contributed by atoms with Crippen molar-refractivity contribution in [2.45, 2.75) is 19.5 Å². The van der Waals surface area contributed by atoms with Crippen LogP contribution in [0.25, 0.3) is 0 Å². The van der Waals surface area contributed by atoms with Crippen LogP contribution >= 0.6 is 11.6 Å². The van der Waals surface area contributed by atoms with Crippen molar-refractivity contribution < 1.29 is 4.79 Å². The largest absolute Gasteiger partial charge is 0.322 e. The van der Waals surface area contributed by atoms with Gasteiger partial charge < -0.3 is 4.90 Å². The van der Waals surface area contributed by atoms with E-state index < -0.39 is 0 Å². The molecule has 0 radical (unpaired) electrons. The fourth-order valence-corrected chi connectivity index (χ4v) is 2.83. The van der Waals surface area contributed by atoms with Crippen LogP contribution in [0.15, 0.2) is 24.3 Å². The molecule has 18 heavy (non-hydrogen) atoms. The number of benzene rings is 1. The van der Waals surface area contributed by atoms with Crippen LogP contribution in [0.4, 0.5) is 0 Å². The first-order valence-corrected chi connectivity index (χ1v) is 6.81. The minimum atomic E-state index is -0.0102. The Kier molecular flexibility index (Phi) is 3.04. The van der Waals surface area contributed by atoms with E-state index in [9.17, 15) is 4.79 Å². The molecule has 4 heteroatoms. The molecule has 1 saturated heterocycles. The van der Waals surface area contributed by atoms with Crippen molar-refractivity contribution in [3.05, 3.63) is 34.9 Å². The van der Waals surface area contributed by atoms with E-state index in [0.29, 0.717) is 17.5 Å². The second-order valence-corrected chi connectivity index (χ2v) is 5.79. The molecule has 0 aromatic heterocycles. The summed E-state index contributed by atoms with van der Waals surface area (Å²) in [5, 5.41) is 3.98. The molecule has 3 rings (SSSR count). The lowest BCUT2D eigenvalue weighted by Gasteiger charge is -2.25. The first-order chi connectivity index (χ1) is 8.65. The van der Waals surface area contributed by atoms with E-state index in [1.165, 1.54) is 6.42 Å². The molecule has 3 nitrogen and oxygen atoms in total. The molecule has 1 saturated carbocycles. The van der Waals surface area contributed by atoms with Crippen molar-refractivity contribution in [1.29, 1.82) is 0 Å². The molecular formula is C14H17ClN2O. The Morgan fingerprint density at radius 2 is 2.28 bits per heavy atom. The lowest BCUT2D eigenvalue weighted by molar-refractivity contribution is -0.128. The van der Waals surface area contributed by atoms with Crippen LogP contribution in [-0.2, 0) is 4.79 Å². The smallest absolute Gasteiger partial charge is 0.238 e. The summed E-state index contributed by atoms with van der Waals surface area (Å²) in [6, 6.07) is 7.74. The highest BCUT2D eigenvalue weighted by Crippen LogP contribution is 2.40. The third-order valence-corrected chi connectivity index (χ3v) is 4.19. The van der Waals surface area contributed by atoms with Gasteiger partial charge >= 0.3 is 0 Å². The van der Waals surface area contributed by atoms with Crippen molar-refractivity contribution in [1.82, 2.24) is 10.2 Å². The summed E-state index contributed by atoms with van der Waals surface area (Å²) in [6.45, 7) is 3.54. The summed E-state index contributed by atoms with van der Waals surface area (Å²) in [7, 11) is 0. The number of nitrogens with one attached hydrogen (secondary N) is 1. The molecule has 1 aromatic rings. The summed E-state index contributed by atoms with van der Waals surface area (Å²) in [5.74, 6) is 1.63. The van der Waals surface area contributed by atoms with Gasteiger partial charge in [0, 0.05) is 11.6 Å². The Balaban J connectivity index is 1.79. The van der Waals surface area contributed by atoms with Crippen molar-refractivity contribution in [3.63, 3.8) is 0 Å². The number of hydrogen-bond donors (Lipinski definition) is 1. The van der Waals surface area contributed by atoms with E-state index in [4.69, 9.17) is 11.6 Å². The Bertz CT molecular complexity index is 477. The minimum absolute atomic E-state index is 0.0102. The molecule has 3 unspecified atom stereocenters. The maximum atomic E-state index is 11.9. The molecule has 0 spiro atoms. The third-order valence-electron chi connectivity index (χ3n) is 3.95. The predicted octanol–water partition coefficient (Wildman–Crippen LogP) is 2.43. The van der Waals surface area contributed by atoms with E-state index in [1.54, 1.807) is 0 Å². The molecular weight excluding hydrogens is 248 g/mol. The average Bonchev–Trinajstić information content (AvgIpc) is 2.90. The first-order valence-electron chi connectivity index (χ1n) is 6.43. The van der Waals surface area contributed by atoms with Crippen LogP contribution in [0.5, 0.6) is 0 Å². The van der Waals surface area contributed by atoms with Gasteiger partial charge in [0.15, 0.2) is 0 Å². The lowest BCUT2D eigenvalue weighted by Crippen LogP contribution is -2.32. The maximum absolute atomic E-state index is 11.9. The van der Waals surface area contributed by atoms with Crippen molar-refractivity contribution in [2.24, 2.45) is 11.8 Å². The molecule has 1 aromatic carbocycles. The van der Waals surface area contributed by atoms with Gasteiger partial charge in [-0.3, -0.25) is 10.1 Å². The molecule has 1 amide bonds. The molecule has 2 fully saturated rings. The van der Waals surface area contributed by atoms with Crippen molar-refractivity contribution in [2.75, 3.05) is 13.1 Å². The first kappa shape index (κ1) is 12.0. The summed E-state index contributed by atoms with van der Waals surface area (Å²) >= 11 is 6.02. The topological polar surface area (TPSA) is 32.3 Å². The standard InChI is InChI=1S/C14H17ClN2O/c1-9-5-11(9)8-17-13(18)7-16-14(17)10-3-2-4-12(15)6-10/h2-4,6,9,11,14,16H,5,7-8H2,1H3.